The summed E-state index contributed by atoms with van der Waals surface area (Å²) >= 11 is 1.48. The van der Waals surface area contributed by atoms with Crippen LogP contribution in [-0.2, 0) is 11.3 Å². The second-order valence-electron chi connectivity index (χ2n) is 5.88. The van der Waals surface area contributed by atoms with Crippen LogP contribution in [0.2, 0.25) is 0 Å². The monoisotopic (exact) mass is 350 g/mol. The van der Waals surface area contributed by atoms with Crippen LogP contribution < -0.4 is 10.1 Å². The molecule has 0 aromatic carbocycles. The lowest BCUT2D eigenvalue weighted by Crippen LogP contribution is -2.27. The third-order valence-corrected chi connectivity index (χ3v) is 4.76. The summed E-state index contributed by atoms with van der Waals surface area (Å²) in [6, 6.07) is 3.26. The quantitative estimate of drug-likeness (QED) is 0.840. The van der Waals surface area contributed by atoms with E-state index in [-0.39, 0.29) is 12.0 Å². The van der Waals surface area contributed by atoms with Crippen molar-refractivity contribution in [3.8, 4) is 5.75 Å². The summed E-state index contributed by atoms with van der Waals surface area (Å²) in [5.74, 6) is -0.0445. The molecule has 8 heteroatoms. The van der Waals surface area contributed by atoms with Gasteiger partial charge in [-0.1, -0.05) is 0 Å². The first-order valence-electron chi connectivity index (χ1n) is 7.74. The fraction of sp³-hybridized carbons (Fsp3) is 0.438. The smallest absolute Gasteiger partial charge is 0.223 e. The summed E-state index contributed by atoms with van der Waals surface area (Å²) in [7, 11) is 0. The van der Waals surface area contributed by atoms with E-state index in [1.807, 2.05) is 0 Å². The number of hydrogen-bond acceptors (Lipinski definition) is 6. The molecule has 3 rings (SSSR count). The van der Waals surface area contributed by atoms with Crippen LogP contribution in [0, 0.1) is 5.95 Å². The normalized spacial score (nSPS) is 21.0. The highest BCUT2D eigenvalue weighted by molar-refractivity contribution is 7.15. The van der Waals surface area contributed by atoms with Crippen LogP contribution in [0.4, 0.5) is 9.52 Å². The van der Waals surface area contributed by atoms with Crippen molar-refractivity contribution in [2.24, 2.45) is 0 Å². The highest BCUT2D eigenvalue weighted by atomic mass is 32.1. The zero-order chi connectivity index (χ0) is 17.1. The highest BCUT2D eigenvalue weighted by Crippen LogP contribution is 2.27. The van der Waals surface area contributed by atoms with Crippen molar-refractivity contribution in [1.29, 1.82) is 0 Å². The first-order valence-corrected chi connectivity index (χ1v) is 8.56. The molecule has 0 aliphatic carbocycles. The Balaban J connectivity index is 1.56. The van der Waals surface area contributed by atoms with Gasteiger partial charge in [-0.05, 0) is 19.1 Å². The second-order valence-corrected chi connectivity index (χ2v) is 7.00. The van der Waals surface area contributed by atoms with Gasteiger partial charge in [0.15, 0.2) is 5.13 Å². The summed E-state index contributed by atoms with van der Waals surface area (Å²) < 4.78 is 18.7. The van der Waals surface area contributed by atoms with Gasteiger partial charge in [0.1, 0.15) is 11.9 Å². The Morgan fingerprint density at radius 2 is 2.29 bits per heavy atom. The number of carbonyl (C=O) groups excluding carboxylic acids is 1. The summed E-state index contributed by atoms with van der Waals surface area (Å²) in [5, 5.41) is 3.31. The van der Waals surface area contributed by atoms with E-state index in [1.54, 1.807) is 12.3 Å². The Labute approximate surface area is 143 Å². The number of rotatable bonds is 5. The van der Waals surface area contributed by atoms with E-state index < -0.39 is 5.95 Å². The number of aromatic nitrogens is 2. The average Bonchev–Trinajstić information content (AvgIpc) is 3.08. The zero-order valence-electron chi connectivity index (χ0n) is 13.5. The molecule has 0 spiro atoms. The number of halogens is 1. The number of anilines is 1. The Bertz CT molecular complexity index is 706. The Hall–Kier alpha value is -2.06. The van der Waals surface area contributed by atoms with Crippen molar-refractivity contribution in [1.82, 2.24) is 14.9 Å². The van der Waals surface area contributed by atoms with Crippen molar-refractivity contribution in [2.45, 2.75) is 39.0 Å². The van der Waals surface area contributed by atoms with Crippen molar-refractivity contribution >= 4 is 22.4 Å². The van der Waals surface area contributed by atoms with Gasteiger partial charge in [-0.3, -0.25) is 9.69 Å². The minimum absolute atomic E-state index is 0.0509. The number of pyridine rings is 1. The second kappa shape index (κ2) is 7.23. The van der Waals surface area contributed by atoms with Crippen LogP contribution in [0.15, 0.2) is 24.5 Å². The number of carbonyl (C=O) groups is 1. The molecular formula is C16H19FN4O2S. The predicted octanol–water partition coefficient (Wildman–Crippen LogP) is 2.68. The first-order chi connectivity index (χ1) is 11.5. The fourth-order valence-corrected chi connectivity index (χ4v) is 3.65. The third kappa shape index (κ3) is 4.27. The molecule has 1 amide bonds. The van der Waals surface area contributed by atoms with Crippen LogP contribution in [0.5, 0.6) is 5.75 Å². The van der Waals surface area contributed by atoms with Crippen molar-refractivity contribution in [2.75, 3.05) is 11.9 Å². The number of thiazole rings is 1. The lowest BCUT2D eigenvalue weighted by molar-refractivity contribution is -0.114. The molecule has 0 bridgehead atoms. The van der Waals surface area contributed by atoms with E-state index in [0.29, 0.717) is 16.9 Å². The number of nitrogens with one attached hydrogen (secondary N) is 1. The van der Waals surface area contributed by atoms with Gasteiger partial charge < -0.3 is 10.1 Å². The fourth-order valence-electron chi connectivity index (χ4n) is 2.76. The molecule has 0 saturated carbocycles. The molecule has 128 valence electrons. The van der Waals surface area contributed by atoms with E-state index in [2.05, 4.69) is 27.1 Å². The molecule has 24 heavy (non-hydrogen) atoms. The Morgan fingerprint density at radius 3 is 3.00 bits per heavy atom. The van der Waals surface area contributed by atoms with Crippen LogP contribution >= 0.6 is 11.3 Å². The SMILES string of the molecule is CC(=O)Nc1ncc(CN2C[C@H](Oc3ccc(F)nc3)C[C@@H]2C)s1. The van der Waals surface area contributed by atoms with Crippen LogP contribution in [-0.4, -0.2) is 39.5 Å². The van der Waals surface area contributed by atoms with Gasteiger partial charge in [-0.2, -0.15) is 4.39 Å². The highest BCUT2D eigenvalue weighted by Gasteiger charge is 2.30. The molecule has 3 heterocycles. The summed E-state index contributed by atoms with van der Waals surface area (Å²) in [4.78, 5) is 22.3. The number of hydrogen-bond donors (Lipinski definition) is 1. The standard InChI is InChI=1S/C16H19FN4O2S/c1-10-5-13(23-12-3-4-15(17)18-6-12)8-21(10)9-14-7-19-16(24-14)20-11(2)22/h3-4,6-7,10,13H,5,8-9H2,1-2H3,(H,19,20,22)/t10-,13+/m0/s1. The maximum atomic E-state index is 12.8. The Morgan fingerprint density at radius 1 is 1.46 bits per heavy atom. The molecular weight excluding hydrogens is 331 g/mol. The third-order valence-electron chi connectivity index (χ3n) is 3.86. The van der Waals surface area contributed by atoms with Gasteiger partial charge in [0.2, 0.25) is 11.9 Å². The maximum absolute atomic E-state index is 12.8. The molecule has 1 aliphatic heterocycles. The molecule has 1 aliphatic rings. The summed E-state index contributed by atoms with van der Waals surface area (Å²) in [6.45, 7) is 5.17. The molecule has 6 nitrogen and oxygen atoms in total. The molecule has 1 fully saturated rings. The minimum Gasteiger partial charge on any atom is -0.487 e. The first kappa shape index (κ1) is 16.8. The van der Waals surface area contributed by atoms with E-state index in [0.717, 1.165) is 24.4 Å². The minimum atomic E-state index is -0.510. The zero-order valence-corrected chi connectivity index (χ0v) is 14.3. The van der Waals surface area contributed by atoms with E-state index in [9.17, 15) is 9.18 Å². The van der Waals surface area contributed by atoms with Gasteiger partial charge in [0, 0.05) is 43.5 Å². The Kier molecular flexibility index (Phi) is 5.06. The van der Waals surface area contributed by atoms with E-state index in [1.165, 1.54) is 30.5 Å². The van der Waals surface area contributed by atoms with E-state index >= 15 is 0 Å². The molecule has 1 saturated heterocycles. The number of ether oxygens (including phenoxy) is 1. The van der Waals surface area contributed by atoms with Crippen LogP contribution in [0.1, 0.15) is 25.1 Å². The average molecular weight is 350 g/mol. The van der Waals surface area contributed by atoms with Crippen LogP contribution in [0.25, 0.3) is 0 Å². The van der Waals surface area contributed by atoms with Crippen molar-refractivity contribution in [3.63, 3.8) is 0 Å². The molecule has 2 aromatic rings. The number of nitrogens with zero attached hydrogens (tertiary/aromatic N) is 3. The maximum Gasteiger partial charge on any atom is 0.223 e. The number of amides is 1. The van der Waals surface area contributed by atoms with Gasteiger partial charge in [0.25, 0.3) is 0 Å². The summed E-state index contributed by atoms with van der Waals surface area (Å²) in [5.41, 5.74) is 0. The lowest BCUT2D eigenvalue weighted by Gasteiger charge is -2.19. The topological polar surface area (TPSA) is 67.4 Å². The van der Waals surface area contributed by atoms with Crippen molar-refractivity contribution < 1.29 is 13.9 Å². The largest absolute Gasteiger partial charge is 0.487 e. The number of likely N-dealkylation sites (tertiary alicyclic amines) is 1. The van der Waals surface area contributed by atoms with Crippen LogP contribution in [0.3, 0.4) is 0 Å². The molecule has 0 radical (unpaired) electrons. The molecule has 1 N–H and O–H groups in total. The molecule has 2 aromatic heterocycles. The van der Waals surface area contributed by atoms with E-state index in [4.69, 9.17) is 4.74 Å². The van der Waals surface area contributed by atoms with Gasteiger partial charge in [0.05, 0.1) is 6.20 Å². The van der Waals surface area contributed by atoms with Gasteiger partial charge in [-0.15, -0.1) is 11.3 Å². The molecule has 0 unspecified atom stereocenters. The van der Waals surface area contributed by atoms with Crippen molar-refractivity contribution in [3.05, 3.63) is 35.4 Å². The van der Waals surface area contributed by atoms with Gasteiger partial charge in [-0.25, -0.2) is 9.97 Å². The molecule has 2 atom stereocenters. The lowest BCUT2D eigenvalue weighted by atomic mass is 10.2. The predicted molar refractivity (Wildman–Crippen MR) is 89.5 cm³/mol. The van der Waals surface area contributed by atoms with Gasteiger partial charge >= 0.3 is 0 Å². The summed E-state index contributed by atoms with van der Waals surface area (Å²) in [6.07, 6.45) is 4.15.